The van der Waals surface area contributed by atoms with Crippen molar-refractivity contribution in [3.8, 4) is 0 Å². The summed E-state index contributed by atoms with van der Waals surface area (Å²) >= 11 is 3.42. The zero-order chi connectivity index (χ0) is 14.5. The molecule has 1 aliphatic rings. The highest BCUT2D eigenvalue weighted by atomic mass is 79.9. The predicted molar refractivity (Wildman–Crippen MR) is 79.3 cm³/mol. The van der Waals surface area contributed by atoms with Crippen LogP contribution in [0.1, 0.15) is 12.8 Å². The van der Waals surface area contributed by atoms with Crippen molar-refractivity contribution in [2.75, 3.05) is 24.6 Å². The fourth-order valence-corrected chi connectivity index (χ4v) is 2.72. The summed E-state index contributed by atoms with van der Waals surface area (Å²) in [6, 6.07) is 7.47. The molecule has 1 aromatic carbocycles. The molecular weight excluding hydrogens is 324 g/mol. The van der Waals surface area contributed by atoms with E-state index in [0.29, 0.717) is 19.5 Å². The number of carbonyl (C=O) groups is 2. The second-order valence-corrected chi connectivity index (χ2v) is 5.58. The average molecular weight is 341 g/mol. The van der Waals surface area contributed by atoms with Gasteiger partial charge in [0.25, 0.3) is 0 Å². The summed E-state index contributed by atoms with van der Waals surface area (Å²) in [6.07, 6.45) is 0.757. The first kappa shape index (κ1) is 15.0. The van der Waals surface area contributed by atoms with Crippen LogP contribution in [-0.2, 0) is 9.59 Å². The van der Waals surface area contributed by atoms with Gasteiger partial charge in [-0.15, -0.1) is 0 Å². The Bertz CT molecular complexity index is 507. The number of anilines is 1. The Labute approximate surface area is 126 Å². The summed E-state index contributed by atoms with van der Waals surface area (Å²) in [5.41, 5.74) is 0.795. The van der Waals surface area contributed by atoms with Crippen molar-refractivity contribution >= 4 is 33.4 Å². The first-order valence-electron chi connectivity index (χ1n) is 6.57. The van der Waals surface area contributed by atoms with Gasteiger partial charge in [-0.1, -0.05) is 12.1 Å². The summed E-state index contributed by atoms with van der Waals surface area (Å²) in [4.78, 5) is 25.6. The fourth-order valence-electron chi connectivity index (χ4n) is 2.22. The zero-order valence-electron chi connectivity index (χ0n) is 11.0. The quantitative estimate of drug-likeness (QED) is 0.794. The van der Waals surface area contributed by atoms with Gasteiger partial charge in [0.05, 0.1) is 11.6 Å². The number of nitrogens with one attached hydrogen (secondary N) is 1. The number of hydrogen-bond donors (Lipinski definition) is 2. The van der Waals surface area contributed by atoms with E-state index in [1.54, 1.807) is 4.90 Å². The number of carbonyl (C=O) groups excluding carboxylic acids is 2. The van der Waals surface area contributed by atoms with E-state index in [4.69, 9.17) is 5.11 Å². The van der Waals surface area contributed by atoms with E-state index < -0.39 is 0 Å². The maximum atomic E-state index is 12.1. The van der Waals surface area contributed by atoms with Crippen molar-refractivity contribution in [3.63, 3.8) is 0 Å². The van der Waals surface area contributed by atoms with Crippen LogP contribution in [0.5, 0.6) is 0 Å². The van der Waals surface area contributed by atoms with Crippen LogP contribution < -0.4 is 10.2 Å². The van der Waals surface area contributed by atoms with E-state index >= 15 is 0 Å². The van der Waals surface area contributed by atoms with Gasteiger partial charge in [-0.2, -0.15) is 0 Å². The van der Waals surface area contributed by atoms with Gasteiger partial charge in [-0.3, -0.25) is 9.59 Å². The molecule has 1 atom stereocenters. The number of para-hydroxylation sites is 1. The molecule has 1 fully saturated rings. The molecule has 0 radical (unpaired) electrons. The Morgan fingerprint density at radius 1 is 1.45 bits per heavy atom. The van der Waals surface area contributed by atoms with Crippen LogP contribution in [0.3, 0.4) is 0 Å². The molecule has 2 rings (SSSR count). The molecule has 0 bridgehead atoms. The smallest absolute Gasteiger partial charge is 0.227 e. The van der Waals surface area contributed by atoms with Crippen molar-refractivity contribution in [1.29, 1.82) is 0 Å². The van der Waals surface area contributed by atoms with Gasteiger partial charge in [0.2, 0.25) is 11.8 Å². The third-order valence-corrected chi connectivity index (χ3v) is 3.94. The highest BCUT2D eigenvalue weighted by molar-refractivity contribution is 9.10. The molecular formula is C14H17BrN2O3. The Kier molecular flexibility index (Phi) is 5.14. The molecule has 0 spiro atoms. The normalized spacial score (nSPS) is 18.4. The van der Waals surface area contributed by atoms with E-state index in [2.05, 4.69) is 21.2 Å². The molecule has 2 N–H and O–H groups in total. The summed E-state index contributed by atoms with van der Waals surface area (Å²) in [7, 11) is 0. The van der Waals surface area contributed by atoms with E-state index in [0.717, 1.165) is 10.2 Å². The number of aliphatic hydroxyl groups excluding tert-OH is 1. The third kappa shape index (κ3) is 3.37. The molecule has 1 saturated heterocycles. The van der Waals surface area contributed by atoms with Gasteiger partial charge >= 0.3 is 0 Å². The summed E-state index contributed by atoms with van der Waals surface area (Å²) in [5, 5.41) is 11.4. The van der Waals surface area contributed by atoms with Crippen molar-refractivity contribution in [2.24, 2.45) is 5.92 Å². The van der Waals surface area contributed by atoms with Crippen LogP contribution in [0.25, 0.3) is 0 Å². The van der Waals surface area contributed by atoms with Crippen LogP contribution >= 0.6 is 15.9 Å². The fraction of sp³-hybridized carbons (Fsp3) is 0.429. The van der Waals surface area contributed by atoms with Gasteiger partial charge in [0.15, 0.2) is 0 Å². The Morgan fingerprint density at radius 2 is 2.20 bits per heavy atom. The maximum absolute atomic E-state index is 12.1. The molecule has 6 heteroatoms. The standard InChI is InChI=1S/C14H17BrN2O3/c15-11-4-1-2-5-12(11)17-9-10(8-13(17)19)14(20)16-6-3-7-18/h1-2,4-5,10,18H,3,6-9H2,(H,16,20). The second-order valence-electron chi connectivity index (χ2n) is 4.72. The second kappa shape index (κ2) is 6.85. The van der Waals surface area contributed by atoms with E-state index in [1.165, 1.54) is 0 Å². The number of rotatable bonds is 5. The van der Waals surface area contributed by atoms with E-state index in [9.17, 15) is 9.59 Å². The average Bonchev–Trinajstić information content (AvgIpc) is 2.81. The Hall–Kier alpha value is -1.40. The van der Waals surface area contributed by atoms with Crippen molar-refractivity contribution in [3.05, 3.63) is 28.7 Å². The molecule has 108 valence electrons. The Balaban J connectivity index is 2.00. The number of aliphatic hydroxyl groups is 1. The van der Waals surface area contributed by atoms with Crippen LogP contribution in [-0.4, -0.2) is 36.6 Å². The SMILES string of the molecule is O=C(NCCCO)C1CC(=O)N(c2ccccc2Br)C1. The van der Waals surface area contributed by atoms with Gasteiger partial charge in [0.1, 0.15) is 0 Å². The highest BCUT2D eigenvalue weighted by Gasteiger charge is 2.35. The minimum atomic E-state index is -0.326. The maximum Gasteiger partial charge on any atom is 0.227 e. The van der Waals surface area contributed by atoms with Crippen LogP contribution in [0.15, 0.2) is 28.7 Å². The summed E-state index contributed by atoms with van der Waals surface area (Å²) < 4.78 is 0.842. The minimum Gasteiger partial charge on any atom is -0.396 e. The molecule has 2 amide bonds. The molecule has 1 heterocycles. The lowest BCUT2D eigenvalue weighted by Crippen LogP contribution is -2.33. The minimum absolute atomic E-state index is 0.0424. The van der Waals surface area contributed by atoms with Crippen molar-refractivity contribution in [1.82, 2.24) is 5.32 Å². The van der Waals surface area contributed by atoms with Crippen LogP contribution in [0, 0.1) is 5.92 Å². The van der Waals surface area contributed by atoms with E-state index in [1.807, 2.05) is 24.3 Å². The molecule has 1 unspecified atom stereocenters. The van der Waals surface area contributed by atoms with Gasteiger partial charge in [-0.05, 0) is 34.5 Å². The zero-order valence-corrected chi connectivity index (χ0v) is 12.6. The van der Waals surface area contributed by atoms with Gasteiger partial charge < -0.3 is 15.3 Å². The molecule has 0 aromatic heterocycles. The lowest BCUT2D eigenvalue weighted by atomic mass is 10.1. The van der Waals surface area contributed by atoms with E-state index in [-0.39, 0.29) is 30.8 Å². The third-order valence-electron chi connectivity index (χ3n) is 3.27. The first-order chi connectivity index (χ1) is 9.63. The lowest BCUT2D eigenvalue weighted by molar-refractivity contribution is -0.126. The highest BCUT2D eigenvalue weighted by Crippen LogP contribution is 2.31. The topological polar surface area (TPSA) is 69.6 Å². The largest absolute Gasteiger partial charge is 0.396 e. The molecule has 0 saturated carbocycles. The predicted octanol–water partition coefficient (Wildman–Crippen LogP) is 1.30. The van der Waals surface area contributed by atoms with Crippen molar-refractivity contribution < 1.29 is 14.7 Å². The molecule has 0 aliphatic carbocycles. The molecule has 1 aliphatic heterocycles. The lowest BCUT2D eigenvalue weighted by Gasteiger charge is -2.18. The molecule has 20 heavy (non-hydrogen) atoms. The van der Waals surface area contributed by atoms with Crippen LogP contribution in [0.2, 0.25) is 0 Å². The van der Waals surface area contributed by atoms with Gasteiger partial charge in [-0.25, -0.2) is 0 Å². The first-order valence-corrected chi connectivity index (χ1v) is 7.36. The Morgan fingerprint density at radius 3 is 2.90 bits per heavy atom. The number of benzene rings is 1. The number of nitrogens with zero attached hydrogens (tertiary/aromatic N) is 1. The molecule has 1 aromatic rings. The summed E-state index contributed by atoms with van der Waals surface area (Å²) in [6.45, 7) is 0.883. The monoisotopic (exact) mass is 340 g/mol. The number of hydrogen-bond acceptors (Lipinski definition) is 3. The van der Waals surface area contributed by atoms with Crippen molar-refractivity contribution in [2.45, 2.75) is 12.8 Å². The number of amides is 2. The number of halogens is 1. The van der Waals surface area contributed by atoms with Crippen LogP contribution in [0.4, 0.5) is 5.69 Å². The van der Waals surface area contributed by atoms with Gasteiger partial charge in [0, 0.05) is 30.6 Å². The molecule has 5 nitrogen and oxygen atoms in total. The summed E-state index contributed by atoms with van der Waals surface area (Å²) in [5.74, 6) is -0.492.